The largest absolute Gasteiger partial charge is 0.478 e. The zero-order chi connectivity index (χ0) is 13.1. The Hall–Kier alpha value is -2.34. The van der Waals surface area contributed by atoms with Crippen LogP contribution in [0.5, 0.6) is 0 Å². The molecule has 2 rings (SSSR count). The number of carboxylic acids is 1. The maximum atomic E-state index is 11.1. The summed E-state index contributed by atoms with van der Waals surface area (Å²) < 4.78 is 0. The van der Waals surface area contributed by atoms with Crippen LogP contribution < -0.4 is 10.9 Å². The van der Waals surface area contributed by atoms with Crippen molar-refractivity contribution in [3.63, 3.8) is 0 Å². The van der Waals surface area contributed by atoms with Crippen molar-refractivity contribution in [2.75, 3.05) is 5.32 Å². The molecule has 18 heavy (non-hydrogen) atoms. The molecule has 0 aliphatic carbocycles. The maximum Gasteiger partial charge on any atom is 0.337 e. The third-order valence-electron chi connectivity index (χ3n) is 2.15. The molecule has 6 nitrogen and oxygen atoms in total. The van der Waals surface area contributed by atoms with E-state index >= 15 is 0 Å². The smallest absolute Gasteiger partial charge is 0.337 e. The van der Waals surface area contributed by atoms with E-state index < -0.39 is 5.97 Å². The number of hydrogen-bond acceptors (Lipinski definition) is 4. The molecule has 92 valence electrons. The number of benzene rings is 1. The molecule has 0 saturated carbocycles. The van der Waals surface area contributed by atoms with Crippen LogP contribution in [0.4, 0.5) is 11.5 Å². The number of rotatable bonds is 3. The van der Waals surface area contributed by atoms with Crippen LogP contribution in [-0.2, 0) is 0 Å². The molecule has 0 aliphatic heterocycles. The van der Waals surface area contributed by atoms with E-state index in [1.54, 1.807) is 6.07 Å². The molecule has 0 saturated heterocycles. The molecule has 0 amide bonds. The number of nitrogens with one attached hydrogen (secondary N) is 2. The summed E-state index contributed by atoms with van der Waals surface area (Å²) in [6, 6.07) is 5.68. The zero-order valence-corrected chi connectivity index (χ0v) is 9.73. The number of H-pyrrole nitrogens is 1. The Morgan fingerprint density at radius 2 is 2.17 bits per heavy atom. The molecule has 0 unspecified atom stereocenters. The molecule has 2 aromatic rings. The van der Waals surface area contributed by atoms with Crippen LogP contribution in [-0.4, -0.2) is 21.0 Å². The lowest BCUT2D eigenvalue weighted by atomic mass is 10.2. The zero-order valence-electron chi connectivity index (χ0n) is 8.98. The first-order valence-corrected chi connectivity index (χ1v) is 5.28. The van der Waals surface area contributed by atoms with E-state index in [2.05, 4.69) is 15.3 Å². The standard InChI is InChI=1S/C11H8ClN3O3/c12-8-2-1-6(3-7(8)11(17)18)15-9-4-10(16)14-5-13-9/h1-5H,(H,17,18)(H2,13,14,15,16). The van der Waals surface area contributed by atoms with Crippen molar-refractivity contribution in [3.8, 4) is 0 Å². The lowest BCUT2D eigenvalue weighted by Gasteiger charge is -2.06. The second kappa shape index (κ2) is 4.89. The minimum absolute atomic E-state index is 0.0218. The maximum absolute atomic E-state index is 11.1. The van der Waals surface area contributed by atoms with Gasteiger partial charge in [-0.3, -0.25) is 4.79 Å². The summed E-state index contributed by atoms with van der Waals surface area (Å²) in [5.41, 5.74) is 0.154. The Kier molecular flexibility index (Phi) is 3.29. The second-order valence-electron chi connectivity index (χ2n) is 3.42. The van der Waals surface area contributed by atoms with Crippen LogP contribution in [0.25, 0.3) is 0 Å². The van der Waals surface area contributed by atoms with Crippen LogP contribution in [0.2, 0.25) is 5.02 Å². The molecule has 0 bridgehead atoms. The summed E-state index contributed by atoms with van der Waals surface area (Å²) in [4.78, 5) is 28.2. The molecule has 1 aromatic carbocycles. The van der Waals surface area contributed by atoms with Gasteiger partial charge in [0.15, 0.2) is 0 Å². The SMILES string of the molecule is O=C(O)c1cc(Nc2cc(=O)[nH]cn2)ccc1Cl. The molecule has 0 aliphatic rings. The summed E-state index contributed by atoms with van der Waals surface area (Å²) in [5, 5.41) is 11.9. The molecule has 0 fully saturated rings. The van der Waals surface area contributed by atoms with E-state index in [1.165, 1.54) is 24.5 Å². The Labute approximate surface area is 106 Å². The molecule has 0 atom stereocenters. The van der Waals surface area contributed by atoms with E-state index in [1.807, 2.05) is 0 Å². The van der Waals surface area contributed by atoms with Gasteiger partial charge in [-0.05, 0) is 18.2 Å². The van der Waals surface area contributed by atoms with Crippen molar-refractivity contribution in [2.24, 2.45) is 0 Å². The second-order valence-corrected chi connectivity index (χ2v) is 3.83. The number of hydrogen-bond donors (Lipinski definition) is 3. The minimum atomic E-state index is -1.12. The van der Waals surface area contributed by atoms with Crippen molar-refractivity contribution in [3.05, 3.63) is 51.5 Å². The van der Waals surface area contributed by atoms with Crippen molar-refractivity contribution in [1.29, 1.82) is 0 Å². The summed E-state index contributed by atoms with van der Waals surface area (Å²) >= 11 is 5.74. The van der Waals surface area contributed by atoms with Gasteiger partial charge >= 0.3 is 5.97 Å². The van der Waals surface area contributed by atoms with Crippen LogP contribution in [0.3, 0.4) is 0 Å². The number of carbonyl (C=O) groups is 1. The first-order chi connectivity index (χ1) is 8.56. The topological polar surface area (TPSA) is 95.1 Å². The summed E-state index contributed by atoms with van der Waals surface area (Å²) in [5.74, 6) is -0.806. The number of aromatic nitrogens is 2. The third kappa shape index (κ3) is 2.67. The van der Waals surface area contributed by atoms with Gasteiger partial charge in [-0.15, -0.1) is 0 Å². The average Bonchev–Trinajstić information content (AvgIpc) is 2.31. The number of anilines is 2. The Balaban J connectivity index is 2.33. The molecule has 0 spiro atoms. The highest BCUT2D eigenvalue weighted by molar-refractivity contribution is 6.33. The Morgan fingerprint density at radius 3 is 2.83 bits per heavy atom. The number of aromatic amines is 1. The van der Waals surface area contributed by atoms with E-state index in [9.17, 15) is 9.59 Å². The van der Waals surface area contributed by atoms with Gasteiger partial charge in [0, 0.05) is 11.8 Å². The molecule has 3 N–H and O–H groups in total. The Bertz CT molecular complexity index is 654. The Morgan fingerprint density at radius 1 is 1.39 bits per heavy atom. The molecular weight excluding hydrogens is 258 g/mol. The van der Waals surface area contributed by atoms with Gasteiger partial charge in [0.1, 0.15) is 5.82 Å². The number of carboxylic acid groups (broad SMARTS) is 1. The highest BCUT2D eigenvalue weighted by Crippen LogP contribution is 2.22. The van der Waals surface area contributed by atoms with Crippen LogP contribution in [0.1, 0.15) is 10.4 Å². The number of aromatic carboxylic acids is 1. The van der Waals surface area contributed by atoms with E-state index in [0.717, 1.165) is 0 Å². The highest BCUT2D eigenvalue weighted by Gasteiger charge is 2.09. The van der Waals surface area contributed by atoms with Gasteiger partial charge in [-0.25, -0.2) is 9.78 Å². The fourth-order valence-electron chi connectivity index (χ4n) is 1.35. The van der Waals surface area contributed by atoms with E-state index in [0.29, 0.717) is 11.5 Å². The van der Waals surface area contributed by atoms with Crippen LogP contribution >= 0.6 is 11.6 Å². The predicted octanol–water partition coefficient (Wildman–Crippen LogP) is 1.87. The molecule has 1 heterocycles. The predicted molar refractivity (Wildman–Crippen MR) is 66.6 cm³/mol. The van der Waals surface area contributed by atoms with Crippen molar-refractivity contribution >= 4 is 29.1 Å². The number of nitrogens with zero attached hydrogens (tertiary/aromatic N) is 1. The average molecular weight is 266 g/mol. The summed E-state index contributed by atoms with van der Waals surface area (Å²) in [6.07, 6.45) is 1.25. The first kappa shape index (κ1) is 12.1. The van der Waals surface area contributed by atoms with Gasteiger partial charge < -0.3 is 15.4 Å². The quantitative estimate of drug-likeness (QED) is 0.787. The van der Waals surface area contributed by atoms with Crippen molar-refractivity contribution in [2.45, 2.75) is 0 Å². The third-order valence-corrected chi connectivity index (χ3v) is 2.48. The van der Waals surface area contributed by atoms with Crippen molar-refractivity contribution in [1.82, 2.24) is 9.97 Å². The number of halogens is 1. The fourth-order valence-corrected chi connectivity index (χ4v) is 1.55. The van der Waals surface area contributed by atoms with Crippen LogP contribution in [0.15, 0.2) is 35.4 Å². The fraction of sp³-hybridized carbons (Fsp3) is 0. The molecule has 1 aromatic heterocycles. The first-order valence-electron chi connectivity index (χ1n) is 4.91. The highest BCUT2D eigenvalue weighted by atomic mass is 35.5. The lowest BCUT2D eigenvalue weighted by Crippen LogP contribution is -2.07. The van der Waals surface area contributed by atoms with Gasteiger partial charge in [0.2, 0.25) is 0 Å². The van der Waals surface area contributed by atoms with Gasteiger partial charge in [0.05, 0.1) is 16.9 Å². The molecule has 0 radical (unpaired) electrons. The molecular formula is C11H8ClN3O3. The van der Waals surface area contributed by atoms with Crippen LogP contribution in [0, 0.1) is 0 Å². The lowest BCUT2D eigenvalue weighted by molar-refractivity contribution is 0.0697. The normalized spacial score (nSPS) is 10.1. The van der Waals surface area contributed by atoms with E-state index in [-0.39, 0.29) is 16.1 Å². The monoisotopic (exact) mass is 265 g/mol. The van der Waals surface area contributed by atoms with Gasteiger partial charge in [-0.1, -0.05) is 11.6 Å². The summed E-state index contributed by atoms with van der Waals surface area (Å²) in [6.45, 7) is 0. The molecule has 7 heteroatoms. The minimum Gasteiger partial charge on any atom is -0.478 e. The van der Waals surface area contributed by atoms with E-state index in [4.69, 9.17) is 16.7 Å². The van der Waals surface area contributed by atoms with Gasteiger partial charge in [-0.2, -0.15) is 0 Å². The summed E-state index contributed by atoms with van der Waals surface area (Å²) in [7, 11) is 0. The van der Waals surface area contributed by atoms with Crippen molar-refractivity contribution < 1.29 is 9.90 Å². The van der Waals surface area contributed by atoms with Gasteiger partial charge in [0.25, 0.3) is 5.56 Å².